The molecule has 1 atom stereocenters. The van der Waals surface area contributed by atoms with Gasteiger partial charge in [-0.05, 0) is 36.8 Å². The second kappa shape index (κ2) is 6.06. The molecule has 5 heteroatoms. The molecule has 108 valence electrons. The SMILES string of the molecule is O=C(OOc1ccccc1)C1CCOc2ccc(Cl)cc21. The van der Waals surface area contributed by atoms with Crippen LogP contribution in [0.1, 0.15) is 17.9 Å². The predicted molar refractivity (Wildman–Crippen MR) is 77.5 cm³/mol. The van der Waals surface area contributed by atoms with Gasteiger partial charge in [-0.1, -0.05) is 29.8 Å². The molecule has 1 heterocycles. The van der Waals surface area contributed by atoms with Crippen LogP contribution >= 0.6 is 11.6 Å². The molecule has 2 aromatic carbocycles. The first kappa shape index (κ1) is 13.8. The van der Waals surface area contributed by atoms with Crippen LogP contribution in [0, 0.1) is 0 Å². The third-order valence-electron chi connectivity index (χ3n) is 3.26. The molecular formula is C16H13ClO4. The highest BCUT2D eigenvalue weighted by Gasteiger charge is 2.30. The van der Waals surface area contributed by atoms with E-state index in [1.807, 2.05) is 6.07 Å². The lowest BCUT2D eigenvalue weighted by molar-refractivity contribution is -0.216. The minimum Gasteiger partial charge on any atom is -0.493 e. The lowest BCUT2D eigenvalue weighted by Gasteiger charge is -2.23. The van der Waals surface area contributed by atoms with E-state index >= 15 is 0 Å². The Bertz CT molecular complexity index is 642. The molecule has 0 aliphatic carbocycles. The molecule has 0 fully saturated rings. The van der Waals surface area contributed by atoms with Crippen molar-refractivity contribution in [1.29, 1.82) is 0 Å². The molecule has 0 aromatic heterocycles. The van der Waals surface area contributed by atoms with E-state index in [2.05, 4.69) is 0 Å². The molecule has 4 nitrogen and oxygen atoms in total. The number of fused-ring (bicyclic) bond motifs is 1. The van der Waals surface area contributed by atoms with Crippen LogP contribution in [0.2, 0.25) is 5.02 Å². The van der Waals surface area contributed by atoms with Gasteiger partial charge in [0, 0.05) is 10.6 Å². The van der Waals surface area contributed by atoms with Gasteiger partial charge in [-0.2, -0.15) is 0 Å². The third kappa shape index (κ3) is 3.11. The molecule has 0 spiro atoms. The Kier molecular flexibility index (Phi) is 3.97. The Hall–Kier alpha value is -2.20. The van der Waals surface area contributed by atoms with Crippen LogP contribution in [-0.4, -0.2) is 12.6 Å². The molecule has 2 aromatic rings. The van der Waals surface area contributed by atoms with E-state index in [1.165, 1.54) is 0 Å². The third-order valence-corrected chi connectivity index (χ3v) is 3.49. The van der Waals surface area contributed by atoms with Gasteiger partial charge in [0.05, 0.1) is 12.5 Å². The van der Waals surface area contributed by atoms with E-state index in [0.29, 0.717) is 29.5 Å². The summed E-state index contributed by atoms with van der Waals surface area (Å²) in [6.07, 6.45) is 0.532. The monoisotopic (exact) mass is 304 g/mol. The zero-order chi connectivity index (χ0) is 14.7. The largest absolute Gasteiger partial charge is 0.493 e. The summed E-state index contributed by atoms with van der Waals surface area (Å²) in [5.41, 5.74) is 0.732. The molecule has 0 bridgehead atoms. The minimum atomic E-state index is -0.453. The van der Waals surface area contributed by atoms with Crippen molar-refractivity contribution in [3.05, 3.63) is 59.1 Å². The number of carbonyl (C=O) groups excluding carboxylic acids is 1. The van der Waals surface area contributed by atoms with E-state index in [1.54, 1.807) is 42.5 Å². The van der Waals surface area contributed by atoms with E-state index in [0.717, 1.165) is 5.56 Å². The molecule has 1 aliphatic heterocycles. The highest BCUT2D eigenvalue weighted by molar-refractivity contribution is 6.30. The lowest BCUT2D eigenvalue weighted by Crippen LogP contribution is -2.24. The number of halogens is 1. The van der Waals surface area contributed by atoms with Gasteiger partial charge in [0.2, 0.25) is 0 Å². The lowest BCUT2D eigenvalue weighted by atomic mass is 9.93. The second-order valence-corrected chi connectivity index (χ2v) is 5.11. The molecule has 3 rings (SSSR count). The maximum atomic E-state index is 12.2. The quantitative estimate of drug-likeness (QED) is 0.640. The summed E-state index contributed by atoms with van der Waals surface area (Å²) in [7, 11) is 0. The summed E-state index contributed by atoms with van der Waals surface area (Å²) >= 11 is 5.98. The van der Waals surface area contributed by atoms with Crippen LogP contribution in [0.25, 0.3) is 0 Å². The second-order valence-electron chi connectivity index (χ2n) is 4.67. The Balaban J connectivity index is 1.73. The molecule has 0 saturated heterocycles. The number of hydrogen-bond acceptors (Lipinski definition) is 4. The van der Waals surface area contributed by atoms with Crippen molar-refractivity contribution in [2.75, 3.05) is 6.61 Å². The van der Waals surface area contributed by atoms with Gasteiger partial charge in [-0.15, -0.1) is 0 Å². The van der Waals surface area contributed by atoms with E-state index in [4.69, 9.17) is 26.1 Å². The number of hydrogen-bond donors (Lipinski definition) is 0. The maximum Gasteiger partial charge on any atom is 0.363 e. The highest BCUT2D eigenvalue weighted by atomic mass is 35.5. The van der Waals surface area contributed by atoms with Crippen molar-refractivity contribution in [2.24, 2.45) is 0 Å². The van der Waals surface area contributed by atoms with Crippen molar-refractivity contribution < 1.29 is 19.3 Å². The zero-order valence-electron chi connectivity index (χ0n) is 11.1. The maximum absolute atomic E-state index is 12.2. The van der Waals surface area contributed by atoms with Gasteiger partial charge >= 0.3 is 5.97 Å². The summed E-state index contributed by atoms with van der Waals surface area (Å²) in [4.78, 5) is 22.2. The fraction of sp³-hybridized carbons (Fsp3) is 0.188. The van der Waals surface area contributed by atoms with Crippen molar-refractivity contribution >= 4 is 17.6 Å². The molecule has 1 aliphatic rings. The standard InChI is InChI=1S/C16H13ClO4/c17-11-6-7-15-14(10-11)13(8-9-19-15)16(18)21-20-12-4-2-1-3-5-12/h1-7,10,13H,8-9H2. The molecule has 0 N–H and O–H groups in total. The van der Waals surface area contributed by atoms with Gasteiger partial charge in [0.1, 0.15) is 5.75 Å². The van der Waals surface area contributed by atoms with Crippen LogP contribution in [0.15, 0.2) is 48.5 Å². The Labute approximate surface area is 127 Å². The van der Waals surface area contributed by atoms with Crippen LogP contribution in [0.4, 0.5) is 0 Å². The number of benzene rings is 2. The summed E-state index contributed by atoms with van der Waals surface area (Å²) in [5.74, 6) is 0.248. The Morgan fingerprint density at radius 3 is 2.81 bits per heavy atom. The van der Waals surface area contributed by atoms with Crippen molar-refractivity contribution in [2.45, 2.75) is 12.3 Å². The fourth-order valence-electron chi connectivity index (χ4n) is 2.23. The van der Waals surface area contributed by atoms with Crippen molar-refractivity contribution in [3.8, 4) is 11.5 Å². The minimum absolute atomic E-state index is 0.434. The smallest absolute Gasteiger partial charge is 0.363 e. The molecule has 0 radical (unpaired) electrons. The normalized spacial score (nSPS) is 16.5. The van der Waals surface area contributed by atoms with Crippen LogP contribution in [0.3, 0.4) is 0 Å². The zero-order valence-corrected chi connectivity index (χ0v) is 11.9. The molecule has 0 amide bonds. The van der Waals surface area contributed by atoms with Gasteiger partial charge in [-0.25, -0.2) is 9.68 Å². The summed E-state index contributed by atoms with van der Waals surface area (Å²) in [6.45, 7) is 0.458. The summed E-state index contributed by atoms with van der Waals surface area (Å²) in [6, 6.07) is 14.1. The van der Waals surface area contributed by atoms with Crippen LogP contribution in [0.5, 0.6) is 11.5 Å². The topological polar surface area (TPSA) is 44.8 Å². The van der Waals surface area contributed by atoms with Gasteiger partial charge < -0.3 is 4.74 Å². The highest BCUT2D eigenvalue weighted by Crippen LogP contribution is 2.36. The van der Waals surface area contributed by atoms with E-state index in [-0.39, 0.29) is 0 Å². The summed E-state index contributed by atoms with van der Waals surface area (Å²) < 4.78 is 5.51. The molecule has 21 heavy (non-hydrogen) atoms. The van der Waals surface area contributed by atoms with Gasteiger partial charge in [-0.3, -0.25) is 4.89 Å². The number of para-hydroxylation sites is 1. The number of rotatable bonds is 3. The number of carbonyl (C=O) groups is 1. The molecule has 1 unspecified atom stereocenters. The van der Waals surface area contributed by atoms with Crippen molar-refractivity contribution in [1.82, 2.24) is 0 Å². The number of ether oxygens (including phenoxy) is 1. The first-order chi connectivity index (χ1) is 10.2. The van der Waals surface area contributed by atoms with E-state index in [9.17, 15) is 4.79 Å². The van der Waals surface area contributed by atoms with Crippen LogP contribution in [-0.2, 0) is 9.68 Å². The van der Waals surface area contributed by atoms with Gasteiger partial charge in [0.25, 0.3) is 0 Å². The van der Waals surface area contributed by atoms with Gasteiger partial charge in [0.15, 0.2) is 5.75 Å². The first-order valence-corrected chi connectivity index (χ1v) is 6.97. The molecular weight excluding hydrogens is 292 g/mol. The van der Waals surface area contributed by atoms with Crippen molar-refractivity contribution in [3.63, 3.8) is 0 Å². The Morgan fingerprint density at radius 2 is 2.00 bits per heavy atom. The Morgan fingerprint density at radius 1 is 1.19 bits per heavy atom. The molecule has 0 saturated carbocycles. The first-order valence-electron chi connectivity index (χ1n) is 6.60. The summed E-state index contributed by atoms with van der Waals surface area (Å²) in [5, 5.41) is 0.557. The van der Waals surface area contributed by atoms with Crippen LogP contribution < -0.4 is 9.62 Å². The van der Waals surface area contributed by atoms with E-state index < -0.39 is 11.9 Å². The predicted octanol–water partition coefficient (Wildman–Crippen LogP) is 3.74. The average molecular weight is 305 g/mol. The fourth-order valence-corrected chi connectivity index (χ4v) is 2.41. The average Bonchev–Trinajstić information content (AvgIpc) is 2.53.